The van der Waals surface area contributed by atoms with E-state index in [0.717, 1.165) is 36.1 Å². The van der Waals surface area contributed by atoms with Crippen LogP contribution in [0, 0.1) is 15.9 Å². The van der Waals surface area contributed by atoms with Gasteiger partial charge in [-0.05, 0) is 18.9 Å². The van der Waals surface area contributed by atoms with Crippen molar-refractivity contribution in [2.45, 2.75) is 38.3 Å². The van der Waals surface area contributed by atoms with Gasteiger partial charge in [0.05, 0.1) is 4.92 Å². The third kappa shape index (κ3) is 2.99. The minimum atomic E-state index is -0.498. The number of hydrogen-bond acceptors (Lipinski definition) is 5. The van der Waals surface area contributed by atoms with Crippen LogP contribution in [0.5, 0.6) is 0 Å². The van der Waals surface area contributed by atoms with Crippen LogP contribution in [0.2, 0.25) is 0 Å². The zero-order valence-corrected chi connectivity index (χ0v) is 13.1. The van der Waals surface area contributed by atoms with Crippen molar-refractivity contribution in [3.05, 3.63) is 63.0 Å². The van der Waals surface area contributed by atoms with E-state index in [-0.39, 0.29) is 5.69 Å². The van der Waals surface area contributed by atoms with E-state index in [1.807, 2.05) is 6.20 Å². The van der Waals surface area contributed by atoms with Crippen LogP contribution in [-0.2, 0) is 19.5 Å². The molecular weight excluding hydrogens is 311 g/mol. The highest BCUT2D eigenvalue weighted by atomic mass is 19.1. The predicted molar refractivity (Wildman–Crippen MR) is 84.9 cm³/mol. The second kappa shape index (κ2) is 5.90. The molecule has 0 amide bonds. The van der Waals surface area contributed by atoms with Crippen molar-refractivity contribution in [2.75, 3.05) is 6.54 Å². The van der Waals surface area contributed by atoms with Gasteiger partial charge in [0.25, 0.3) is 5.69 Å². The van der Waals surface area contributed by atoms with Crippen molar-refractivity contribution in [3.8, 4) is 0 Å². The molecule has 0 spiro atoms. The number of non-ortho nitro benzene ring substituents is 1. The topological polar surface area (TPSA) is 72.2 Å². The number of rotatable bonds is 4. The molecule has 0 saturated heterocycles. The van der Waals surface area contributed by atoms with Crippen molar-refractivity contribution >= 4 is 5.69 Å². The molecule has 2 heterocycles. The highest BCUT2D eigenvalue weighted by Crippen LogP contribution is 2.38. The molecule has 4 rings (SSSR count). The number of nitro groups is 1. The van der Waals surface area contributed by atoms with Crippen LogP contribution in [0.25, 0.3) is 0 Å². The molecule has 1 aromatic carbocycles. The van der Waals surface area contributed by atoms with Crippen molar-refractivity contribution in [1.29, 1.82) is 0 Å². The van der Waals surface area contributed by atoms with Gasteiger partial charge in [-0.15, -0.1) is 0 Å². The largest absolute Gasteiger partial charge is 0.294 e. The zero-order chi connectivity index (χ0) is 16.7. The summed E-state index contributed by atoms with van der Waals surface area (Å²) >= 11 is 0. The van der Waals surface area contributed by atoms with Gasteiger partial charge in [-0.3, -0.25) is 15.0 Å². The predicted octanol–water partition coefficient (Wildman–Crippen LogP) is 2.96. The number of halogens is 1. The first-order chi connectivity index (χ1) is 11.6. The molecule has 7 heteroatoms. The molecular formula is C17H17FN4O2. The summed E-state index contributed by atoms with van der Waals surface area (Å²) in [7, 11) is 0. The first kappa shape index (κ1) is 15.1. The molecule has 1 saturated carbocycles. The van der Waals surface area contributed by atoms with Crippen LogP contribution < -0.4 is 0 Å². The lowest BCUT2D eigenvalue weighted by atomic mass is 10.1. The van der Waals surface area contributed by atoms with Crippen LogP contribution in [0.15, 0.2) is 24.4 Å². The second-order valence-electron chi connectivity index (χ2n) is 6.47. The number of hydrogen-bond donors (Lipinski definition) is 0. The summed E-state index contributed by atoms with van der Waals surface area (Å²) in [5.74, 6) is 1.07. The monoisotopic (exact) mass is 328 g/mol. The maximum atomic E-state index is 14.0. The Hall–Kier alpha value is -2.41. The lowest BCUT2D eigenvalue weighted by Gasteiger charge is -2.28. The van der Waals surface area contributed by atoms with E-state index in [4.69, 9.17) is 0 Å². The van der Waals surface area contributed by atoms with E-state index < -0.39 is 10.7 Å². The second-order valence-corrected chi connectivity index (χ2v) is 6.47. The van der Waals surface area contributed by atoms with Crippen molar-refractivity contribution in [2.24, 2.45) is 0 Å². The van der Waals surface area contributed by atoms with Crippen LogP contribution >= 0.6 is 0 Å². The van der Waals surface area contributed by atoms with Gasteiger partial charge in [0.2, 0.25) is 0 Å². The summed E-state index contributed by atoms with van der Waals surface area (Å²) in [6.45, 7) is 1.75. The Bertz CT molecular complexity index is 807. The van der Waals surface area contributed by atoms with E-state index in [1.54, 1.807) is 0 Å². The molecule has 1 aliphatic heterocycles. The lowest BCUT2D eigenvalue weighted by Crippen LogP contribution is -2.31. The fourth-order valence-corrected chi connectivity index (χ4v) is 3.10. The Balaban J connectivity index is 1.51. The number of nitrogens with zero attached hydrogens (tertiary/aromatic N) is 4. The fourth-order valence-electron chi connectivity index (χ4n) is 3.10. The van der Waals surface area contributed by atoms with Gasteiger partial charge in [0.15, 0.2) is 0 Å². The summed E-state index contributed by atoms with van der Waals surface area (Å²) in [5, 5.41) is 10.9. The highest BCUT2D eigenvalue weighted by molar-refractivity contribution is 5.35. The molecule has 1 aromatic heterocycles. The Labute approximate surface area is 138 Å². The summed E-state index contributed by atoms with van der Waals surface area (Å²) in [5.41, 5.74) is 2.42. The van der Waals surface area contributed by atoms with Crippen LogP contribution in [-0.4, -0.2) is 26.3 Å². The quantitative estimate of drug-likeness (QED) is 0.637. The first-order valence-electron chi connectivity index (χ1n) is 8.10. The Kier molecular flexibility index (Phi) is 3.72. The molecule has 1 aliphatic carbocycles. The number of benzene rings is 1. The van der Waals surface area contributed by atoms with Gasteiger partial charge in [0, 0.05) is 67.1 Å². The standard InChI is InChI=1S/C17H17FN4O2/c18-15-4-3-14(22(23)24)7-12(15)9-21-6-5-16-13(10-21)8-19-17(20-16)11-1-2-11/h3-4,7-8,11H,1-2,5-6,9-10H2. The third-order valence-corrected chi connectivity index (χ3v) is 4.61. The van der Waals surface area contributed by atoms with Crippen molar-refractivity contribution in [1.82, 2.24) is 14.9 Å². The van der Waals surface area contributed by atoms with Gasteiger partial charge < -0.3 is 0 Å². The maximum absolute atomic E-state index is 14.0. The Morgan fingerprint density at radius 1 is 1.38 bits per heavy atom. The lowest BCUT2D eigenvalue weighted by molar-refractivity contribution is -0.385. The SMILES string of the molecule is O=[N+]([O-])c1ccc(F)c(CN2CCc3nc(C4CC4)ncc3C2)c1. The molecule has 6 nitrogen and oxygen atoms in total. The number of aromatic nitrogens is 2. The molecule has 0 N–H and O–H groups in total. The van der Waals surface area contributed by atoms with Crippen molar-refractivity contribution in [3.63, 3.8) is 0 Å². The van der Waals surface area contributed by atoms with Gasteiger partial charge in [0.1, 0.15) is 11.6 Å². The Morgan fingerprint density at radius 3 is 2.96 bits per heavy atom. The van der Waals surface area contributed by atoms with Gasteiger partial charge >= 0.3 is 0 Å². The van der Waals surface area contributed by atoms with Gasteiger partial charge in [-0.2, -0.15) is 0 Å². The fraction of sp³-hybridized carbons (Fsp3) is 0.412. The molecule has 1 fully saturated rings. The molecule has 2 aromatic rings. The number of fused-ring (bicyclic) bond motifs is 1. The van der Waals surface area contributed by atoms with Gasteiger partial charge in [-0.1, -0.05) is 0 Å². The maximum Gasteiger partial charge on any atom is 0.269 e. The average Bonchev–Trinajstić information content (AvgIpc) is 3.41. The summed E-state index contributed by atoms with van der Waals surface area (Å²) in [4.78, 5) is 21.6. The Morgan fingerprint density at radius 2 is 2.21 bits per heavy atom. The van der Waals surface area contributed by atoms with Gasteiger partial charge in [-0.25, -0.2) is 14.4 Å². The molecule has 0 bridgehead atoms. The zero-order valence-electron chi connectivity index (χ0n) is 13.1. The minimum absolute atomic E-state index is 0.0822. The third-order valence-electron chi connectivity index (χ3n) is 4.61. The van der Waals surface area contributed by atoms with E-state index in [9.17, 15) is 14.5 Å². The molecule has 124 valence electrons. The normalized spacial score (nSPS) is 17.5. The van der Waals surface area contributed by atoms with E-state index >= 15 is 0 Å². The van der Waals surface area contributed by atoms with E-state index in [0.29, 0.717) is 24.6 Å². The smallest absolute Gasteiger partial charge is 0.269 e. The van der Waals surface area contributed by atoms with Crippen LogP contribution in [0.1, 0.15) is 41.4 Å². The van der Waals surface area contributed by atoms with Crippen molar-refractivity contribution < 1.29 is 9.31 Å². The molecule has 0 radical (unpaired) electrons. The van der Waals surface area contributed by atoms with Crippen LogP contribution in [0.3, 0.4) is 0 Å². The summed E-state index contributed by atoms with van der Waals surface area (Å²) < 4.78 is 14.0. The average molecular weight is 328 g/mol. The minimum Gasteiger partial charge on any atom is -0.294 e. The van der Waals surface area contributed by atoms with E-state index in [2.05, 4.69) is 14.9 Å². The molecule has 0 unspecified atom stereocenters. The molecule has 24 heavy (non-hydrogen) atoms. The number of nitro benzene ring substituents is 1. The van der Waals surface area contributed by atoms with Crippen LogP contribution in [0.4, 0.5) is 10.1 Å². The summed E-state index contributed by atoms with van der Waals surface area (Å²) in [6, 6.07) is 3.67. The molecule has 0 atom stereocenters. The first-order valence-corrected chi connectivity index (χ1v) is 8.10. The van der Waals surface area contributed by atoms with E-state index in [1.165, 1.54) is 25.0 Å². The molecule has 2 aliphatic rings. The highest BCUT2D eigenvalue weighted by Gasteiger charge is 2.28. The summed E-state index contributed by atoms with van der Waals surface area (Å²) in [6.07, 6.45) is 5.04.